The van der Waals surface area contributed by atoms with E-state index in [1.807, 2.05) is 13.8 Å². The summed E-state index contributed by atoms with van der Waals surface area (Å²) in [6, 6.07) is 0. The van der Waals surface area contributed by atoms with E-state index in [1.165, 1.54) is 0 Å². The molecule has 0 aliphatic carbocycles. The van der Waals surface area contributed by atoms with Crippen molar-refractivity contribution in [2.45, 2.75) is 50.1 Å². The van der Waals surface area contributed by atoms with E-state index in [0.717, 1.165) is 11.8 Å². The number of hydrogen-bond acceptors (Lipinski definition) is 10. The van der Waals surface area contributed by atoms with Gasteiger partial charge in [-0.1, -0.05) is 30.8 Å². The van der Waals surface area contributed by atoms with Crippen molar-refractivity contribution in [3.05, 3.63) is 0 Å². The minimum Gasteiger partial charge on any atom is -0.394 e. The molecule has 1 fully saturated rings. The summed E-state index contributed by atoms with van der Waals surface area (Å²) in [6.07, 6.45) is -5.39. The van der Waals surface area contributed by atoms with Crippen LogP contribution in [0.4, 0.5) is 0 Å². The number of aliphatic hydroxyl groups is 4. The Hall–Kier alpha value is -0.470. The molecule has 1 saturated heterocycles. The molecule has 0 unspecified atom stereocenters. The lowest BCUT2D eigenvalue weighted by Crippen LogP contribution is -2.57. The fourth-order valence-corrected chi connectivity index (χ4v) is 3.35. The molecule has 12 heteroatoms. The van der Waals surface area contributed by atoms with Crippen molar-refractivity contribution in [1.29, 1.82) is 0 Å². The average molecular weight is 375 g/mol. The predicted octanol–water partition coefficient (Wildman–Crippen LogP) is -1.30. The molecule has 136 valence electrons. The van der Waals surface area contributed by atoms with Crippen LogP contribution in [0.2, 0.25) is 0 Å². The largest absolute Gasteiger partial charge is 0.466 e. The summed E-state index contributed by atoms with van der Waals surface area (Å²) in [4.78, 5) is 0. The Kier molecular flexibility index (Phi) is 7.67. The van der Waals surface area contributed by atoms with E-state index in [9.17, 15) is 23.7 Å². The van der Waals surface area contributed by atoms with E-state index in [4.69, 9.17) is 14.4 Å². The maximum absolute atomic E-state index is 10.6. The minimum absolute atomic E-state index is 0.0381. The second kappa shape index (κ2) is 8.58. The van der Waals surface area contributed by atoms with Crippen LogP contribution in [0, 0.1) is 5.92 Å². The summed E-state index contributed by atoms with van der Waals surface area (Å²) < 4.78 is 39.0. The number of aliphatic hydroxyl groups excluding tert-OH is 4. The molecule has 1 aliphatic rings. The summed E-state index contributed by atoms with van der Waals surface area (Å²) in [5, 5.41) is 41.8. The number of ether oxygens (including phenoxy) is 1. The highest BCUT2D eigenvalue weighted by Crippen LogP contribution is 2.31. The Morgan fingerprint density at radius 3 is 2.35 bits per heavy atom. The van der Waals surface area contributed by atoms with Gasteiger partial charge in [0, 0.05) is 6.42 Å². The molecule has 23 heavy (non-hydrogen) atoms. The zero-order valence-electron chi connectivity index (χ0n) is 12.5. The van der Waals surface area contributed by atoms with Crippen LogP contribution >= 0.6 is 11.8 Å². The molecule has 0 aromatic rings. The van der Waals surface area contributed by atoms with E-state index in [2.05, 4.69) is 9.44 Å². The van der Waals surface area contributed by atoms with E-state index >= 15 is 0 Å². The van der Waals surface area contributed by atoms with Crippen molar-refractivity contribution in [1.82, 2.24) is 0 Å². The maximum atomic E-state index is 10.6. The van der Waals surface area contributed by atoms with Gasteiger partial charge in [-0.3, -0.25) is 4.55 Å². The number of rotatable bonds is 6. The predicted molar refractivity (Wildman–Crippen MR) is 80.9 cm³/mol. The molecular formula is C11H21NO9S2. The lowest BCUT2D eigenvalue weighted by molar-refractivity contribution is -0.205. The third-order valence-electron chi connectivity index (χ3n) is 2.92. The topological polar surface area (TPSA) is 166 Å². The fraction of sp³-hybridized carbons (Fsp3) is 0.909. The first-order valence-corrected chi connectivity index (χ1v) is 8.99. The normalized spacial score (nSPS) is 33.0. The Labute approximate surface area is 138 Å². The van der Waals surface area contributed by atoms with E-state index in [-0.39, 0.29) is 17.4 Å². The van der Waals surface area contributed by atoms with Gasteiger partial charge >= 0.3 is 10.4 Å². The first-order chi connectivity index (χ1) is 10.5. The van der Waals surface area contributed by atoms with Crippen LogP contribution in [0.25, 0.3) is 0 Å². The number of nitrogens with zero attached hydrogens (tertiary/aromatic N) is 1. The van der Waals surface area contributed by atoms with Gasteiger partial charge in [-0.05, 0) is 5.92 Å². The molecule has 0 amide bonds. The van der Waals surface area contributed by atoms with E-state index < -0.39 is 46.9 Å². The number of thioether (sulfide) groups is 1. The van der Waals surface area contributed by atoms with Crippen LogP contribution in [0.15, 0.2) is 5.16 Å². The fourth-order valence-electron chi connectivity index (χ4n) is 1.84. The van der Waals surface area contributed by atoms with Crippen molar-refractivity contribution in [2.24, 2.45) is 11.1 Å². The van der Waals surface area contributed by atoms with Crippen LogP contribution in [0.3, 0.4) is 0 Å². The van der Waals surface area contributed by atoms with Crippen molar-refractivity contribution in [3.63, 3.8) is 0 Å². The second-order valence-electron chi connectivity index (χ2n) is 5.40. The molecule has 0 aromatic heterocycles. The Bertz CT molecular complexity index is 508. The molecular weight excluding hydrogens is 354 g/mol. The highest BCUT2D eigenvalue weighted by Gasteiger charge is 2.44. The van der Waals surface area contributed by atoms with Gasteiger partial charge in [0.1, 0.15) is 34.9 Å². The standard InChI is InChI=1S/C11H21NO9S2/c1-5(2)3-7(12-21-23(17,18)19)22-11-10(16)9(15)8(14)6(4-13)20-11/h5-6,8-11,13-16H,3-4H2,1-2H3,(H,17,18,19)/b12-7-/t6-,8-,9-,10+,11+/m0/s1. The van der Waals surface area contributed by atoms with Gasteiger partial charge in [0.2, 0.25) is 0 Å². The zero-order valence-corrected chi connectivity index (χ0v) is 14.1. The molecule has 1 aliphatic heterocycles. The molecule has 0 radical (unpaired) electrons. The molecule has 0 bridgehead atoms. The Balaban J connectivity index is 2.88. The summed E-state index contributed by atoms with van der Waals surface area (Å²) in [7, 11) is -4.78. The Morgan fingerprint density at radius 1 is 1.26 bits per heavy atom. The van der Waals surface area contributed by atoms with Crippen LogP contribution < -0.4 is 0 Å². The average Bonchev–Trinajstić information content (AvgIpc) is 2.44. The summed E-state index contributed by atoms with van der Waals surface area (Å²) in [6.45, 7) is 3.05. The first kappa shape index (κ1) is 20.6. The van der Waals surface area contributed by atoms with Gasteiger partial charge in [-0.25, -0.2) is 4.28 Å². The maximum Gasteiger partial charge on any atom is 0.466 e. The minimum atomic E-state index is -4.78. The molecule has 0 saturated carbocycles. The smallest absolute Gasteiger partial charge is 0.394 e. The molecule has 5 atom stereocenters. The van der Waals surface area contributed by atoms with Crippen molar-refractivity contribution in [3.8, 4) is 0 Å². The van der Waals surface area contributed by atoms with Gasteiger partial charge in [-0.2, -0.15) is 8.42 Å². The highest BCUT2D eigenvalue weighted by molar-refractivity contribution is 8.14. The lowest BCUT2D eigenvalue weighted by Gasteiger charge is -2.39. The third kappa shape index (κ3) is 6.51. The number of hydrogen-bond donors (Lipinski definition) is 5. The molecule has 0 spiro atoms. The van der Waals surface area contributed by atoms with Crippen molar-refractivity contribution in [2.75, 3.05) is 6.61 Å². The summed E-state index contributed by atoms with van der Waals surface area (Å²) in [5.74, 6) is 0.0381. The van der Waals surface area contributed by atoms with Gasteiger partial charge in [-0.15, -0.1) is 0 Å². The molecule has 10 nitrogen and oxygen atoms in total. The van der Waals surface area contributed by atoms with Crippen molar-refractivity contribution >= 4 is 27.2 Å². The van der Waals surface area contributed by atoms with Gasteiger partial charge in [0.25, 0.3) is 0 Å². The second-order valence-corrected chi connectivity index (χ2v) is 7.58. The number of oxime groups is 1. The monoisotopic (exact) mass is 375 g/mol. The van der Waals surface area contributed by atoms with E-state index in [1.54, 1.807) is 0 Å². The summed E-state index contributed by atoms with van der Waals surface area (Å²) in [5.41, 5.74) is -1.12. The van der Waals surface area contributed by atoms with Crippen LogP contribution in [0.1, 0.15) is 20.3 Å². The van der Waals surface area contributed by atoms with Crippen molar-refractivity contribution < 1.29 is 42.4 Å². The van der Waals surface area contributed by atoms with E-state index in [0.29, 0.717) is 0 Å². The molecule has 1 rings (SSSR count). The summed E-state index contributed by atoms with van der Waals surface area (Å²) >= 11 is 0.763. The van der Waals surface area contributed by atoms with Gasteiger partial charge < -0.3 is 25.2 Å². The third-order valence-corrected chi connectivity index (χ3v) is 4.32. The van der Waals surface area contributed by atoms with Gasteiger partial charge in [0.15, 0.2) is 0 Å². The molecule has 0 aromatic carbocycles. The van der Waals surface area contributed by atoms with Gasteiger partial charge in [0.05, 0.1) is 6.61 Å². The SMILES string of the molecule is CC(C)C/C(=N/OS(=O)(=O)O)S[C@H]1O[C@@H](CO)[C@H](O)[C@H](O)[C@H]1O. The van der Waals surface area contributed by atoms with Crippen LogP contribution in [0.5, 0.6) is 0 Å². The highest BCUT2D eigenvalue weighted by atomic mass is 32.3. The lowest BCUT2D eigenvalue weighted by atomic mass is 10.0. The first-order valence-electron chi connectivity index (χ1n) is 6.75. The molecule has 1 heterocycles. The van der Waals surface area contributed by atoms with Crippen LogP contribution in [-0.4, -0.2) is 74.9 Å². The molecule has 5 N–H and O–H groups in total. The van der Waals surface area contributed by atoms with Crippen LogP contribution in [-0.2, 0) is 19.4 Å². The zero-order chi connectivity index (χ0) is 17.8. The Morgan fingerprint density at radius 2 is 1.87 bits per heavy atom. The quantitative estimate of drug-likeness (QED) is 0.163.